The van der Waals surface area contributed by atoms with Gasteiger partial charge in [0, 0.05) is 31.2 Å². The second kappa shape index (κ2) is 6.91. The zero-order valence-electron chi connectivity index (χ0n) is 14.0. The molecule has 3 atom stereocenters. The minimum atomic E-state index is 0.106. The predicted molar refractivity (Wildman–Crippen MR) is 90.4 cm³/mol. The van der Waals surface area contributed by atoms with E-state index in [-0.39, 0.29) is 5.54 Å². The van der Waals surface area contributed by atoms with Gasteiger partial charge in [0.2, 0.25) is 0 Å². The quantitative estimate of drug-likeness (QED) is 0.871. The van der Waals surface area contributed by atoms with E-state index in [1.54, 1.807) is 0 Å². The van der Waals surface area contributed by atoms with Crippen LogP contribution >= 0.6 is 0 Å². The highest BCUT2D eigenvalue weighted by Crippen LogP contribution is 2.29. The molecule has 0 amide bonds. The summed E-state index contributed by atoms with van der Waals surface area (Å²) in [5, 5.41) is 0. The zero-order valence-corrected chi connectivity index (χ0v) is 14.0. The molecule has 1 heterocycles. The molecule has 1 fully saturated rings. The maximum absolute atomic E-state index is 6.16. The molecule has 21 heavy (non-hydrogen) atoms. The van der Waals surface area contributed by atoms with E-state index in [0.29, 0.717) is 12.0 Å². The Morgan fingerprint density at radius 2 is 1.90 bits per heavy atom. The molecular weight excluding hydrogens is 258 g/mol. The van der Waals surface area contributed by atoms with E-state index in [1.807, 2.05) is 0 Å². The number of aryl methyl sites for hydroxylation is 1. The highest BCUT2D eigenvalue weighted by molar-refractivity contribution is 5.15. The van der Waals surface area contributed by atoms with Gasteiger partial charge < -0.3 is 10.6 Å². The molecule has 2 rings (SSSR count). The van der Waals surface area contributed by atoms with E-state index in [2.05, 4.69) is 68.1 Å². The second-order valence-corrected chi connectivity index (χ2v) is 7.10. The first-order valence-corrected chi connectivity index (χ1v) is 8.12. The Bertz CT molecular complexity index is 431. The van der Waals surface area contributed by atoms with Gasteiger partial charge in [-0.25, -0.2) is 0 Å². The molecule has 3 heteroatoms. The molecule has 0 spiro atoms. The molecule has 3 unspecified atom stereocenters. The Balaban J connectivity index is 2.01. The van der Waals surface area contributed by atoms with Crippen LogP contribution in [0.15, 0.2) is 30.3 Å². The first-order chi connectivity index (χ1) is 9.96. The van der Waals surface area contributed by atoms with Crippen molar-refractivity contribution < 1.29 is 0 Å². The normalized spacial score (nSPS) is 26.2. The van der Waals surface area contributed by atoms with E-state index in [0.717, 1.165) is 32.5 Å². The molecule has 1 saturated heterocycles. The number of nitrogens with zero attached hydrogens (tertiary/aromatic N) is 2. The Kier molecular flexibility index (Phi) is 5.42. The predicted octanol–water partition coefficient (Wildman–Crippen LogP) is 2.22. The summed E-state index contributed by atoms with van der Waals surface area (Å²) in [5.74, 6) is 0.711. The van der Waals surface area contributed by atoms with Crippen LogP contribution < -0.4 is 5.73 Å². The maximum Gasteiger partial charge on any atom is 0.0307 e. The summed E-state index contributed by atoms with van der Waals surface area (Å²) in [5.41, 5.74) is 7.68. The number of hydrogen-bond donors (Lipinski definition) is 1. The average molecular weight is 289 g/mol. The van der Waals surface area contributed by atoms with Crippen LogP contribution in [-0.4, -0.2) is 55.1 Å². The van der Waals surface area contributed by atoms with Crippen molar-refractivity contribution in [2.24, 2.45) is 11.7 Å². The standard InChI is InChI=1S/C18H31N3/c1-15-12-21(13-17(15)20(3)4)18(2,14-19)11-10-16-8-6-5-7-9-16/h5-9,15,17H,10-14,19H2,1-4H3. The van der Waals surface area contributed by atoms with Gasteiger partial charge in [-0.3, -0.25) is 4.90 Å². The molecule has 0 aromatic heterocycles. The van der Waals surface area contributed by atoms with Crippen LogP contribution in [0.2, 0.25) is 0 Å². The summed E-state index contributed by atoms with van der Waals surface area (Å²) in [7, 11) is 4.38. The van der Waals surface area contributed by atoms with E-state index >= 15 is 0 Å². The molecule has 0 saturated carbocycles. The molecule has 0 radical (unpaired) electrons. The van der Waals surface area contributed by atoms with E-state index in [9.17, 15) is 0 Å². The van der Waals surface area contributed by atoms with Crippen LogP contribution in [0.3, 0.4) is 0 Å². The fourth-order valence-electron chi connectivity index (χ4n) is 3.51. The summed E-state index contributed by atoms with van der Waals surface area (Å²) in [6, 6.07) is 11.4. The minimum absolute atomic E-state index is 0.106. The molecule has 1 aliphatic rings. The third-order valence-electron chi connectivity index (χ3n) is 5.23. The molecule has 0 bridgehead atoms. The van der Waals surface area contributed by atoms with Gasteiger partial charge >= 0.3 is 0 Å². The van der Waals surface area contributed by atoms with Gasteiger partial charge in [0.1, 0.15) is 0 Å². The molecule has 1 aliphatic heterocycles. The SMILES string of the molecule is CC1CN(C(C)(CN)CCc2ccccc2)CC1N(C)C. The van der Waals surface area contributed by atoms with Crippen LogP contribution in [0.25, 0.3) is 0 Å². The first kappa shape index (κ1) is 16.5. The van der Waals surface area contributed by atoms with Crippen molar-refractivity contribution in [2.75, 3.05) is 33.7 Å². The number of nitrogens with two attached hydrogens (primary N) is 1. The third kappa shape index (κ3) is 3.85. The number of likely N-dealkylation sites (tertiary alicyclic amines) is 1. The average Bonchev–Trinajstić information content (AvgIpc) is 2.89. The van der Waals surface area contributed by atoms with Crippen molar-refractivity contribution in [3.05, 3.63) is 35.9 Å². The monoisotopic (exact) mass is 289 g/mol. The Morgan fingerprint density at radius 1 is 1.24 bits per heavy atom. The van der Waals surface area contributed by atoms with Gasteiger partial charge in [0.15, 0.2) is 0 Å². The summed E-state index contributed by atoms with van der Waals surface area (Å²) >= 11 is 0. The fraction of sp³-hybridized carbons (Fsp3) is 0.667. The molecular formula is C18H31N3. The van der Waals surface area contributed by atoms with Crippen LogP contribution in [0, 0.1) is 5.92 Å². The van der Waals surface area contributed by atoms with Crippen molar-refractivity contribution >= 4 is 0 Å². The lowest BCUT2D eigenvalue weighted by Gasteiger charge is -2.38. The lowest BCUT2D eigenvalue weighted by molar-refractivity contribution is 0.121. The van der Waals surface area contributed by atoms with Crippen molar-refractivity contribution in [1.82, 2.24) is 9.80 Å². The van der Waals surface area contributed by atoms with Crippen LogP contribution in [0.4, 0.5) is 0 Å². The van der Waals surface area contributed by atoms with Gasteiger partial charge in [-0.15, -0.1) is 0 Å². The molecule has 1 aromatic rings. The molecule has 1 aromatic carbocycles. The Hall–Kier alpha value is -0.900. The van der Waals surface area contributed by atoms with Gasteiger partial charge in [-0.2, -0.15) is 0 Å². The first-order valence-electron chi connectivity index (χ1n) is 8.12. The fourth-order valence-corrected chi connectivity index (χ4v) is 3.51. The van der Waals surface area contributed by atoms with E-state index < -0.39 is 0 Å². The van der Waals surface area contributed by atoms with Crippen molar-refractivity contribution in [3.63, 3.8) is 0 Å². The van der Waals surface area contributed by atoms with Crippen LogP contribution in [0.1, 0.15) is 25.8 Å². The third-order valence-corrected chi connectivity index (χ3v) is 5.23. The number of hydrogen-bond acceptors (Lipinski definition) is 3. The van der Waals surface area contributed by atoms with E-state index in [1.165, 1.54) is 5.56 Å². The van der Waals surface area contributed by atoms with Gasteiger partial charge in [-0.1, -0.05) is 37.3 Å². The topological polar surface area (TPSA) is 32.5 Å². The highest BCUT2D eigenvalue weighted by atomic mass is 15.3. The molecule has 0 aliphatic carbocycles. The van der Waals surface area contributed by atoms with Crippen LogP contribution in [0.5, 0.6) is 0 Å². The number of likely N-dealkylation sites (N-methyl/N-ethyl adjacent to an activating group) is 1. The Morgan fingerprint density at radius 3 is 2.43 bits per heavy atom. The number of benzene rings is 1. The second-order valence-electron chi connectivity index (χ2n) is 7.10. The van der Waals surface area contributed by atoms with Crippen molar-refractivity contribution in [1.29, 1.82) is 0 Å². The van der Waals surface area contributed by atoms with Crippen molar-refractivity contribution in [2.45, 2.75) is 38.3 Å². The summed E-state index contributed by atoms with van der Waals surface area (Å²) in [4.78, 5) is 4.98. The van der Waals surface area contributed by atoms with E-state index in [4.69, 9.17) is 5.73 Å². The van der Waals surface area contributed by atoms with Crippen molar-refractivity contribution in [3.8, 4) is 0 Å². The summed E-state index contributed by atoms with van der Waals surface area (Å²) < 4.78 is 0. The Labute approximate surface area is 130 Å². The minimum Gasteiger partial charge on any atom is -0.329 e. The molecule has 2 N–H and O–H groups in total. The molecule has 3 nitrogen and oxygen atoms in total. The lowest BCUT2D eigenvalue weighted by atomic mass is 9.91. The van der Waals surface area contributed by atoms with Gasteiger partial charge in [0.05, 0.1) is 0 Å². The van der Waals surface area contributed by atoms with Gasteiger partial charge in [-0.05, 0) is 45.3 Å². The summed E-state index contributed by atoms with van der Waals surface area (Å²) in [6.07, 6.45) is 2.23. The zero-order chi connectivity index (χ0) is 15.5. The van der Waals surface area contributed by atoms with Crippen LogP contribution in [-0.2, 0) is 6.42 Å². The largest absolute Gasteiger partial charge is 0.329 e. The van der Waals surface area contributed by atoms with Gasteiger partial charge in [0.25, 0.3) is 0 Å². The smallest absolute Gasteiger partial charge is 0.0307 e. The molecule has 118 valence electrons. The summed E-state index contributed by atoms with van der Waals surface area (Å²) in [6.45, 7) is 7.72. The number of rotatable bonds is 6. The maximum atomic E-state index is 6.16. The highest BCUT2D eigenvalue weighted by Gasteiger charge is 2.39. The lowest BCUT2D eigenvalue weighted by Crippen LogP contribution is -2.51.